The maximum absolute atomic E-state index is 11.9. The number of nitrogens with one attached hydrogen (secondary N) is 2. The summed E-state index contributed by atoms with van der Waals surface area (Å²) >= 11 is 1.28. The molecule has 0 spiro atoms. The molecule has 0 fully saturated rings. The van der Waals surface area contributed by atoms with Crippen molar-refractivity contribution >= 4 is 22.9 Å². The molecule has 1 aromatic heterocycles. The Morgan fingerprint density at radius 3 is 2.33 bits per heavy atom. The van der Waals surface area contributed by atoms with E-state index in [9.17, 15) is 9.59 Å². The van der Waals surface area contributed by atoms with Crippen molar-refractivity contribution in [2.75, 3.05) is 18.4 Å². The number of anilines is 1. The van der Waals surface area contributed by atoms with Gasteiger partial charge in [-0.25, -0.2) is 0 Å². The lowest BCUT2D eigenvalue weighted by molar-refractivity contribution is -0.114. The molecule has 0 saturated heterocycles. The Bertz CT molecular complexity index is 713. The predicted molar refractivity (Wildman–Crippen MR) is 101 cm³/mol. The maximum Gasteiger partial charge on any atom is 0.305 e. The van der Waals surface area contributed by atoms with Gasteiger partial charge in [0.1, 0.15) is 0 Å². The van der Waals surface area contributed by atoms with E-state index in [2.05, 4.69) is 29.0 Å². The minimum absolute atomic E-state index is 0.0288. The van der Waals surface area contributed by atoms with Gasteiger partial charge in [-0.3, -0.25) is 14.5 Å². The van der Waals surface area contributed by atoms with Crippen molar-refractivity contribution in [2.45, 2.75) is 40.2 Å². The van der Waals surface area contributed by atoms with E-state index in [1.165, 1.54) is 18.3 Å². The van der Waals surface area contributed by atoms with Crippen LogP contribution in [0.1, 0.15) is 38.5 Å². The van der Waals surface area contributed by atoms with Gasteiger partial charge in [-0.15, -0.1) is 0 Å². The average Bonchev–Trinajstić information content (AvgIpc) is 2.88. The van der Waals surface area contributed by atoms with Crippen LogP contribution in [0, 0.1) is 0 Å². The lowest BCUT2D eigenvalue weighted by Crippen LogP contribution is -2.24. The molecule has 1 amide bonds. The first-order valence-corrected chi connectivity index (χ1v) is 9.17. The van der Waals surface area contributed by atoms with Crippen LogP contribution < -0.4 is 10.2 Å². The van der Waals surface area contributed by atoms with E-state index in [-0.39, 0.29) is 10.8 Å². The zero-order valence-electron chi connectivity index (χ0n) is 14.5. The molecular formula is C18H25N3O2S. The summed E-state index contributed by atoms with van der Waals surface area (Å²) in [4.78, 5) is 29.4. The molecule has 2 rings (SSSR count). The van der Waals surface area contributed by atoms with Gasteiger partial charge in [0.25, 0.3) is 0 Å². The molecule has 0 aliphatic rings. The van der Waals surface area contributed by atoms with Gasteiger partial charge in [0.15, 0.2) is 0 Å². The highest BCUT2D eigenvalue weighted by Gasteiger charge is 2.14. The van der Waals surface area contributed by atoms with Crippen molar-refractivity contribution in [2.24, 2.45) is 0 Å². The van der Waals surface area contributed by atoms with Crippen molar-refractivity contribution < 1.29 is 4.79 Å². The molecule has 24 heavy (non-hydrogen) atoms. The average molecular weight is 347 g/mol. The van der Waals surface area contributed by atoms with E-state index < -0.39 is 0 Å². The zero-order valence-corrected chi connectivity index (χ0v) is 15.3. The summed E-state index contributed by atoms with van der Waals surface area (Å²) in [6.45, 7) is 8.67. The van der Waals surface area contributed by atoms with E-state index in [1.807, 2.05) is 24.3 Å². The number of benzene rings is 1. The molecule has 1 heterocycles. The fourth-order valence-corrected chi connectivity index (χ4v) is 3.63. The largest absolute Gasteiger partial charge is 0.326 e. The van der Waals surface area contributed by atoms with Crippen LogP contribution in [0.5, 0.6) is 0 Å². The molecule has 0 atom stereocenters. The lowest BCUT2D eigenvalue weighted by atomic mass is 10.1. The van der Waals surface area contributed by atoms with Crippen LogP contribution in [0.25, 0.3) is 11.3 Å². The van der Waals surface area contributed by atoms with E-state index in [4.69, 9.17) is 0 Å². The van der Waals surface area contributed by atoms with Crippen LogP contribution in [-0.4, -0.2) is 28.9 Å². The van der Waals surface area contributed by atoms with Crippen molar-refractivity contribution in [1.82, 2.24) is 9.88 Å². The van der Waals surface area contributed by atoms with E-state index >= 15 is 0 Å². The highest BCUT2D eigenvalue weighted by atomic mass is 32.1. The first kappa shape index (κ1) is 18.4. The summed E-state index contributed by atoms with van der Waals surface area (Å²) in [5, 5.41) is 2.75. The van der Waals surface area contributed by atoms with Crippen LogP contribution in [0.15, 0.2) is 29.1 Å². The van der Waals surface area contributed by atoms with Gasteiger partial charge in [-0.2, -0.15) is 0 Å². The summed E-state index contributed by atoms with van der Waals surface area (Å²) in [5.74, 6) is -0.0952. The highest BCUT2D eigenvalue weighted by Crippen LogP contribution is 2.26. The molecule has 0 bridgehead atoms. The SMILES string of the molecule is CCCN(CCC)Cc1sc(=O)[nH]c1-c1ccc(NC(C)=O)cc1. The number of amides is 1. The van der Waals surface area contributed by atoms with Crippen LogP contribution in [0.4, 0.5) is 5.69 Å². The topological polar surface area (TPSA) is 65.2 Å². The van der Waals surface area contributed by atoms with Crippen molar-refractivity contribution in [1.29, 1.82) is 0 Å². The number of aromatic amines is 1. The second-order valence-electron chi connectivity index (χ2n) is 5.85. The van der Waals surface area contributed by atoms with Crippen molar-refractivity contribution in [3.63, 3.8) is 0 Å². The Labute approximate surface area is 146 Å². The fraction of sp³-hybridized carbons (Fsp3) is 0.444. The van der Waals surface area contributed by atoms with Crippen LogP contribution >= 0.6 is 11.3 Å². The van der Waals surface area contributed by atoms with Gasteiger partial charge >= 0.3 is 4.87 Å². The Morgan fingerprint density at radius 1 is 1.17 bits per heavy atom. The molecule has 130 valence electrons. The number of H-pyrrole nitrogens is 1. The molecule has 6 heteroatoms. The molecule has 0 aliphatic carbocycles. The number of thiazole rings is 1. The summed E-state index contributed by atoms with van der Waals surface area (Å²) in [5.41, 5.74) is 2.60. The number of aromatic nitrogens is 1. The number of carbonyl (C=O) groups excluding carboxylic acids is 1. The second kappa shape index (κ2) is 8.80. The van der Waals surface area contributed by atoms with Gasteiger partial charge in [0, 0.05) is 24.0 Å². The molecular weight excluding hydrogens is 322 g/mol. The molecule has 0 aliphatic heterocycles. The third-order valence-electron chi connectivity index (χ3n) is 3.66. The molecule has 5 nitrogen and oxygen atoms in total. The van der Waals surface area contributed by atoms with Crippen LogP contribution in [-0.2, 0) is 11.3 Å². The normalized spacial score (nSPS) is 11.0. The molecule has 0 radical (unpaired) electrons. The third-order valence-corrected chi connectivity index (χ3v) is 4.53. The predicted octanol–water partition coefficient (Wildman–Crippen LogP) is 3.68. The fourth-order valence-electron chi connectivity index (χ4n) is 2.73. The van der Waals surface area contributed by atoms with Crippen molar-refractivity contribution in [3.8, 4) is 11.3 Å². The number of carbonyl (C=O) groups is 1. The quantitative estimate of drug-likeness (QED) is 0.765. The Kier molecular flexibility index (Phi) is 6.75. The first-order chi connectivity index (χ1) is 11.5. The van der Waals surface area contributed by atoms with Crippen LogP contribution in [0.2, 0.25) is 0 Å². The van der Waals surface area contributed by atoms with Crippen molar-refractivity contribution in [3.05, 3.63) is 38.8 Å². The zero-order chi connectivity index (χ0) is 17.5. The third kappa shape index (κ3) is 5.04. The smallest absolute Gasteiger partial charge is 0.305 e. The van der Waals surface area contributed by atoms with Gasteiger partial charge in [0.05, 0.1) is 5.69 Å². The van der Waals surface area contributed by atoms with Crippen LogP contribution in [0.3, 0.4) is 0 Å². The number of nitrogens with zero attached hydrogens (tertiary/aromatic N) is 1. The highest BCUT2D eigenvalue weighted by molar-refractivity contribution is 7.09. The molecule has 0 saturated carbocycles. The Balaban J connectivity index is 2.24. The van der Waals surface area contributed by atoms with E-state index in [0.29, 0.717) is 0 Å². The van der Waals surface area contributed by atoms with Gasteiger partial charge in [-0.05, 0) is 43.6 Å². The molecule has 0 unspecified atom stereocenters. The van der Waals surface area contributed by atoms with E-state index in [1.54, 1.807) is 0 Å². The number of rotatable bonds is 8. The maximum atomic E-state index is 11.9. The lowest BCUT2D eigenvalue weighted by Gasteiger charge is -2.20. The van der Waals surface area contributed by atoms with Gasteiger partial charge < -0.3 is 10.3 Å². The summed E-state index contributed by atoms with van der Waals surface area (Å²) in [6, 6.07) is 7.56. The number of hydrogen-bond donors (Lipinski definition) is 2. The Hall–Kier alpha value is -1.92. The van der Waals surface area contributed by atoms with Gasteiger partial charge in [-0.1, -0.05) is 37.3 Å². The van der Waals surface area contributed by atoms with Gasteiger partial charge in [0.2, 0.25) is 5.91 Å². The first-order valence-electron chi connectivity index (χ1n) is 8.35. The Morgan fingerprint density at radius 2 is 1.79 bits per heavy atom. The summed E-state index contributed by atoms with van der Waals surface area (Å²) in [7, 11) is 0. The molecule has 2 N–H and O–H groups in total. The summed E-state index contributed by atoms with van der Waals surface area (Å²) in [6.07, 6.45) is 2.19. The van der Waals surface area contributed by atoms with E-state index in [0.717, 1.165) is 54.3 Å². The minimum atomic E-state index is -0.0952. The standard InChI is InChI=1S/C18H25N3O2S/c1-4-10-21(11-5-2)12-16-17(20-18(23)24-16)14-6-8-15(9-7-14)19-13(3)22/h6-9H,4-5,10-12H2,1-3H3,(H,19,22)(H,20,23). The minimum Gasteiger partial charge on any atom is -0.326 e. The monoisotopic (exact) mass is 347 g/mol. The summed E-state index contributed by atoms with van der Waals surface area (Å²) < 4.78 is 0. The second-order valence-corrected chi connectivity index (χ2v) is 6.92. The molecule has 2 aromatic rings. The number of hydrogen-bond acceptors (Lipinski definition) is 4. The molecule has 1 aromatic carbocycles.